The van der Waals surface area contributed by atoms with E-state index in [2.05, 4.69) is 30.4 Å². The zero-order valence-electron chi connectivity index (χ0n) is 16.5. The summed E-state index contributed by atoms with van der Waals surface area (Å²) in [5.41, 5.74) is 0.262. The van der Waals surface area contributed by atoms with Gasteiger partial charge in [-0.2, -0.15) is 0 Å². The molecule has 0 amide bonds. The Bertz CT molecular complexity index is 396. The first-order valence-electron chi connectivity index (χ1n) is 10.1. The fourth-order valence-electron chi connectivity index (χ4n) is 2.58. The predicted octanol–water partition coefficient (Wildman–Crippen LogP) is 6.67. The van der Waals surface area contributed by atoms with E-state index in [4.69, 9.17) is 0 Å². The van der Waals surface area contributed by atoms with Crippen LogP contribution < -0.4 is 0 Å². The number of hydrogen-bond acceptors (Lipinski definition) is 3. The smallest absolute Gasteiger partial charge is 0.340 e. The Morgan fingerprint density at radius 3 is 1.80 bits per heavy atom. The Morgan fingerprint density at radius 2 is 1.28 bits per heavy atom. The van der Waals surface area contributed by atoms with E-state index >= 15 is 0 Å². The van der Waals surface area contributed by atoms with Gasteiger partial charge in [-0.15, -0.1) is 0 Å². The SMILES string of the molecule is C=C(C)C(=O)OC(=O)CCCCCCCC=CCCCCCCCC. The molecule has 0 rings (SSSR count). The second kappa shape index (κ2) is 17.4. The van der Waals surface area contributed by atoms with Crippen molar-refractivity contribution in [2.45, 2.75) is 104 Å². The predicted molar refractivity (Wildman–Crippen MR) is 105 cm³/mol. The van der Waals surface area contributed by atoms with Crippen molar-refractivity contribution in [1.29, 1.82) is 0 Å². The molecule has 0 aliphatic carbocycles. The van der Waals surface area contributed by atoms with Gasteiger partial charge in [0.25, 0.3) is 0 Å². The number of hydrogen-bond donors (Lipinski definition) is 0. The maximum atomic E-state index is 11.4. The van der Waals surface area contributed by atoms with E-state index in [0.29, 0.717) is 6.42 Å². The first-order chi connectivity index (χ1) is 12.1. The zero-order valence-corrected chi connectivity index (χ0v) is 16.5. The lowest BCUT2D eigenvalue weighted by atomic mass is 10.1. The summed E-state index contributed by atoms with van der Waals surface area (Å²) < 4.78 is 4.64. The van der Waals surface area contributed by atoms with Gasteiger partial charge in [0.2, 0.25) is 0 Å². The molecule has 0 aromatic carbocycles. The van der Waals surface area contributed by atoms with Gasteiger partial charge in [-0.1, -0.05) is 77.0 Å². The van der Waals surface area contributed by atoms with Crippen LogP contribution in [0.3, 0.4) is 0 Å². The molecule has 3 nitrogen and oxygen atoms in total. The Kier molecular flexibility index (Phi) is 16.5. The average molecular weight is 351 g/mol. The van der Waals surface area contributed by atoms with Crippen molar-refractivity contribution < 1.29 is 14.3 Å². The molecule has 0 aromatic heterocycles. The Hall–Kier alpha value is -1.38. The third-order valence-electron chi connectivity index (χ3n) is 4.20. The lowest BCUT2D eigenvalue weighted by Gasteiger charge is -2.02. The number of rotatable bonds is 16. The van der Waals surface area contributed by atoms with Gasteiger partial charge in [0.05, 0.1) is 0 Å². The van der Waals surface area contributed by atoms with Gasteiger partial charge in [-0.05, 0) is 39.0 Å². The van der Waals surface area contributed by atoms with Gasteiger partial charge in [-0.25, -0.2) is 4.79 Å². The molecule has 0 heterocycles. The fraction of sp³-hybridized carbons (Fsp3) is 0.727. The van der Waals surface area contributed by atoms with Crippen LogP contribution in [0.2, 0.25) is 0 Å². The lowest BCUT2D eigenvalue weighted by molar-refractivity contribution is -0.156. The summed E-state index contributed by atoms with van der Waals surface area (Å²) in [5.74, 6) is -1.05. The Morgan fingerprint density at radius 1 is 0.800 bits per heavy atom. The molecule has 0 radical (unpaired) electrons. The third-order valence-corrected chi connectivity index (χ3v) is 4.20. The van der Waals surface area contributed by atoms with Crippen LogP contribution in [0, 0.1) is 0 Å². The van der Waals surface area contributed by atoms with E-state index in [1.807, 2.05) is 0 Å². The first kappa shape index (κ1) is 23.6. The molecule has 0 bridgehead atoms. The van der Waals surface area contributed by atoms with E-state index in [1.54, 1.807) is 0 Å². The molecular weight excluding hydrogens is 312 g/mol. The number of carbonyl (C=O) groups is 2. The molecule has 0 atom stereocenters. The van der Waals surface area contributed by atoms with Gasteiger partial charge in [0.1, 0.15) is 0 Å². The molecule has 0 spiro atoms. The number of ether oxygens (including phenoxy) is 1. The summed E-state index contributed by atoms with van der Waals surface area (Å²) in [6, 6.07) is 0. The average Bonchev–Trinajstić information content (AvgIpc) is 2.58. The van der Waals surface area contributed by atoms with Gasteiger partial charge < -0.3 is 4.74 Å². The van der Waals surface area contributed by atoms with Crippen molar-refractivity contribution in [3.05, 3.63) is 24.3 Å². The lowest BCUT2D eigenvalue weighted by Crippen LogP contribution is -2.12. The van der Waals surface area contributed by atoms with Crippen LogP contribution in [0.4, 0.5) is 0 Å². The van der Waals surface area contributed by atoms with Crippen LogP contribution in [-0.4, -0.2) is 11.9 Å². The molecule has 0 aliphatic heterocycles. The summed E-state index contributed by atoms with van der Waals surface area (Å²) >= 11 is 0. The Balaban J connectivity index is 3.30. The molecule has 25 heavy (non-hydrogen) atoms. The molecule has 144 valence electrons. The molecule has 0 aromatic rings. The highest BCUT2D eigenvalue weighted by Gasteiger charge is 2.10. The standard InChI is InChI=1S/C22H38O3/c1-4-5-6-7-8-9-10-11-12-13-14-15-16-17-18-19-21(23)25-22(24)20(2)3/h11-12H,2,4-10,13-19H2,1,3H3. The van der Waals surface area contributed by atoms with Crippen LogP contribution in [0.15, 0.2) is 24.3 Å². The Labute approximate surface area is 154 Å². The van der Waals surface area contributed by atoms with Crippen LogP contribution in [0.1, 0.15) is 104 Å². The van der Waals surface area contributed by atoms with Gasteiger partial charge >= 0.3 is 11.9 Å². The quantitative estimate of drug-likeness (QED) is 0.103. The molecule has 0 saturated heterocycles. The van der Waals surface area contributed by atoms with Crippen LogP contribution in [0.25, 0.3) is 0 Å². The second-order valence-electron chi connectivity index (χ2n) is 6.88. The topological polar surface area (TPSA) is 43.4 Å². The molecule has 0 fully saturated rings. The number of esters is 2. The molecule has 3 heteroatoms. The number of carbonyl (C=O) groups excluding carboxylic acids is 2. The highest BCUT2D eigenvalue weighted by molar-refractivity contribution is 5.95. The summed E-state index contributed by atoms with van der Waals surface area (Å²) in [5, 5.41) is 0. The van der Waals surface area contributed by atoms with E-state index < -0.39 is 11.9 Å². The van der Waals surface area contributed by atoms with Crippen LogP contribution >= 0.6 is 0 Å². The van der Waals surface area contributed by atoms with Crippen LogP contribution in [0.5, 0.6) is 0 Å². The molecule has 0 N–H and O–H groups in total. The van der Waals surface area contributed by atoms with Crippen molar-refractivity contribution >= 4 is 11.9 Å². The minimum Gasteiger partial charge on any atom is -0.390 e. The maximum absolute atomic E-state index is 11.4. The van der Waals surface area contributed by atoms with Crippen LogP contribution in [-0.2, 0) is 14.3 Å². The van der Waals surface area contributed by atoms with Gasteiger partial charge in [0.15, 0.2) is 0 Å². The fourth-order valence-corrected chi connectivity index (χ4v) is 2.58. The van der Waals surface area contributed by atoms with E-state index in [-0.39, 0.29) is 5.57 Å². The summed E-state index contributed by atoms with van der Waals surface area (Å²) in [4.78, 5) is 22.6. The third kappa shape index (κ3) is 17.2. The molecule has 0 unspecified atom stereocenters. The summed E-state index contributed by atoms with van der Waals surface area (Å²) in [7, 11) is 0. The van der Waals surface area contributed by atoms with Crippen molar-refractivity contribution in [2.24, 2.45) is 0 Å². The molecule has 0 aliphatic rings. The number of allylic oxidation sites excluding steroid dienone is 2. The summed E-state index contributed by atoms with van der Waals surface area (Å²) in [6.07, 6.45) is 20.8. The normalized spacial score (nSPS) is 11.0. The van der Waals surface area contributed by atoms with Gasteiger partial charge in [0, 0.05) is 12.0 Å². The summed E-state index contributed by atoms with van der Waals surface area (Å²) in [6.45, 7) is 7.25. The zero-order chi connectivity index (χ0) is 18.8. The van der Waals surface area contributed by atoms with Crippen molar-refractivity contribution in [2.75, 3.05) is 0 Å². The highest BCUT2D eigenvalue weighted by Crippen LogP contribution is 2.10. The second-order valence-corrected chi connectivity index (χ2v) is 6.88. The minimum absolute atomic E-state index is 0.262. The van der Waals surface area contributed by atoms with Crippen molar-refractivity contribution in [3.8, 4) is 0 Å². The van der Waals surface area contributed by atoms with Crippen molar-refractivity contribution in [1.82, 2.24) is 0 Å². The molecular formula is C22H38O3. The van der Waals surface area contributed by atoms with E-state index in [1.165, 1.54) is 64.7 Å². The van der Waals surface area contributed by atoms with Gasteiger partial charge in [-0.3, -0.25) is 4.79 Å². The van der Waals surface area contributed by atoms with E-state index in [9.17, 15) is 9.59 Å². The largest absolute Gasteiger partial charge is 0.390 e. The monoisotopic (exact) mass is 350 g/mol. The number of unbranched alkanes of at least 4 members (excludes halogenated alkanes) is 11. The maximum Gasteiger partial charge on any atom is 0.340 e. The van der Waals surface area contributed by atoms with Crippen molar-refractivity contribution in [3.63, 3.8) is 0 Å². The molecule has 0 saturated carbocycles. The first-order valence-corrected chi connectivity index (χ1v) is 10.1. The highest BCUT2D eigenvalue weighted by atomic mass is 16.6. The van der Waals surface area contributed by atoms with E-state index in [0.717, 1.165) is 25.7 Å². The minimum atomic E-state index is -0.613.